The first-order valence-corrected chi connectivity index (χ1v) is 6.73. The molecule has 0 saturated heterocycles. The molecule has 1 N–H and O–H groups in total. The first-order valence-electron chi connectivity index (χ1n) is 6.35. The number of hydrogen-bond acceptors (Lipinski definition) is 1. The average Bonchev–Trinajstić information content (AvgIpc) is 2.38. The van der Waals surface area contributed by atoms with Crippen molar-refractivity contribution >= 4 is 17.5 Å². The Morgan fingerprint density at radius 2 is 2.05 bits per heavy atom. The Labute approximate surface area is 122 Å². The van der Waals surface area contributed by atoms with Gasteiger partial charge >= 0.3 is 0 Å². The lowest BCUT2D eigenvalue weighted by molar-refractivity contribution is 0.0953. The number of rotatable bonds is 4. The molecule has 0 aliphatic carbocycles. The lowest BCUT2D eigenvalue weighted by Crippen LogP contribution is -2.26. The van der Waals surface area contributed by atoms with E-state index in [1.165, 1.54) is 18.2 Å². The number of nitrogens with one attached hydrogen (secondary N) is 1. The van der Waals surface area contributed by atoms with Gasteiger partial charge in [-0.15, -0.1) is 0 Å². The number of aryl methyl sites for hydroxylation is 1. The van der Waals surface area contributed by atoms with Gasteiger partial charge in [0, 0.05) is 17.1 Å². The number of amides is 1. The monoisotopic (exact) mass is 291 g/mol. The average molecular weight is 292 g/mol. The Hall–Kier alpha value is -1.87. The summed E-state index contributed by atoms with van der Waals surface area (Å²) in [6, 6.07) is 11.7. The van der Waals surface area contributed by atoms with Crippen LogP contribution < -0.4 is 5.32 Å². The van der Waals surface area contributed by atoms with E-state index in [0.29, 0.717) is 29.1 Å². The van der Waals surface area contributed by atoms with E-state index in [9.17, 15) is 9.18 Å². The predicted octanol–water partition coefficient (Wildman–Crippen LogP) is 3.76. The summed E-state index contributed by atoms with van der Waals surface area (Å²) in [7, 11) is 0. The second-order valence-electron chi connectivity index (χ2n) is 4.60. The minimum atomic E-state index is -0.335. The second-order valence-corrected chi connectivity index (χ2v) is 5.03. The third-order valence-electron chi connectivity index (χ3n) is 3.02. The third-order valence-corrected chi connectivity index (χ3v) is 3.26. The molecule has 0 unspecified atom stereocenters. The molecular formula is C16H15ClFNO. The van der Waals surface area contributed by atoms with Crippen LogP contribution in [0, 0.1) is 12.7 Å². The van der Waals surface area contributed by atoms with Gasteiger partial charge in [-0.3, -0.25) is 4.79 Å². The molecule has 104 valence electrons. The molecule has 20 heavy (non-hydrogen) atoms. The molecule has 4 heteroatoms. The predicted molar refractivity (Wildman–Crippen MR) is 78.6 cm³/mol. The fraction of sp³-hybridized carbons (Fsp3) is 0.188. The lowest BCUT2D eigenvalue weighted by Gasteiger charge is -2.08. The van der Waals surface area contributed by atoms with Gasteiger partial charge in [0.25, 0.3) is 5.91 Å². The van der Waals surface area contributed by atoms with Crippen molar-refractivity contribution in [2.45, 2.75) is 13.3 Å². The first-order chi connectivity index (χ1) is 9.56. The third kappa shape index (κ3) is 3.81. The highest BCUT2D eigenvalue weighted by Gasteiger charge is 2.08. The highest BCUT2D eigenvalue weighted by molar-refractivity contribution is 6.30. The van der Waals surface area contributed by atoms with E-state index in [1.807, 2.05) is 24.3 Å². The molecule has 1 amide bonds. The molecule has 0 atom stereocenters. The highest BCUT2D eigenvalue weighted by Crippen LogP contribution is 2.12. The molecule has 0 heterocycles. The van der Waals surface area contributed by atoms with Crippen molar-refractivity contribution in [2.24, 2.45) is 0 Å². The molecule has 0 aromatic heterocycles. The maximum absolute atomic E-state index is 13.0. The van der Waals surface area contributed by atoms with Crippen molar-refractivity contribution in [2.75, 3.05) is 6.54 Å². The summed E-state index contributed by atoms with van der Waals surface area (Å²) in [5.74, 6) is -0.525. The SMILES string of the molecule is Cc1cc(F)ccc1C(=O)NCCc1cccc(Cl)c1. The van der Waals surface area contributed by atoms with E-state index in [2.05, 4.69) is 5.32 Å². The van der Waals surface area contributed by atoms with Crippen LogP contribution in [0.1, 0.15) is 21.5 Å². The minimum absolute atomic E-state index is 0.190. The summed E-state index contributed by atoms with van der Waals surface area (Å²) >= 11 is 5.89. The molecule has 0 saturated carbocycles. The van der Waals surface area contributed by atoms with E-state index >= 15 is 0 Å². The van der Waals surface area contributed by atoms with Crippen molar-refractivity contribution < 1.29 is 9.18 Å². The van der Waals surface area contributed by atoms with Crippen LogP contribution in [0.3, 0.4) is 0 Å². The van der Waals surface area contributed by atoms with E-state index in [1.54, 1.807) is 6.92 Å². The van der Waals surface area contributed by atoms with Gasteiger partial charge in [-0.1, -0.05) is 23.7 Å². The van der Waals surface area contributed by atoms with E-state index in [0.717, 1.165) is 5.56 Å². The van der Waals surface area contributed by atoms with Crippen molar-refractivity contribution in [1.29, 1.82) is 0 Å². The van der Waals surface area contributed by atoms with Gasteiger partial charge in [0.05, 0.1) is 0 Å². The molecule has 0 spiro atoms. The Morgan fingerprint density at radius 1 is 1.25 bits per heavy atom. The van der Waals surface area contributed by atoms with Crippen LogP contribution in [0.2, 0.25) is 5.02 Å². The van der Waals surface area contributed by atoms with Gasteiger partial charge in [0.15, 0.2) is 0 Å². The maximum Gasteiger partial charge on any atom is 0.251 e. The van der Waals surface area contributed by atoms with Crippen LogP contribution in [0.15, 0.2) is 42.5 Å². The van der Waals surface area contributed by atoms with Crippen LogP contribution in [-0.4, -0.2) is 12.5 Å². The summed E-state index contributed by atoms with van der Waals surface area (Å²) in [5.41, 5.74) is 2.19. The number of halogens is 2. The van der Waals surface area contributed by atoms with Crippen LogP contribution in [0.25, 0.3) is 0 Å². The van der Waals surface area contributed by atoms with Crippen LogP contribution in [-0.2, 0) is 6.42 Å². The topological polar surface area (TPSA) is 29.1 Å². The molecule has 2 aromatic carbocycles. The molecular weight excluding hydrogens is 277 g/mol. The summed E-state index contributed by atoms with van der Waals surface area (Å²) in [4.78, 5) is 12.0. The van der Waals surface area contributed by atoms with E-state index in [4.69, 9.17) is 11.6 Å². The Morgan fingerprint density at radius 3 is 2.75 bits per heavy atom. The number of carbonyl (C=O) groups is 1. The van der Waals surface area contributed by atoms with Gasteiger partial charge in [0.1, 0.15) is 5.82 Å². The molecule has 0 bridgehead atoms. The summed E-state index contributed by atoms with van der Waals surface area (Å²) < 4.78 is 13.0. The molecule has 2 aromatic rings. The summed E-state index contributed by atoms with van der Waals surface area (Å²) in [6.45, 7) is 2.23. The standard InChI is InChI=1S/C16H15ClFNO/c1-11-9-14(18)5-6-15(11)16(20)19-8-7-12-3-2-4-13(17)10-12/h2-6,9-10H,7-8H2,1H3,(H,19,20). The van der Waals surface area contributed by atoms with Crippen molar-refractivity contribution in [3.63, 3.8) is 0 Å². The van der Waals surface area contributed by atoms with E-state index in [-0.39, 0.29) is 11.7 Å². The molecule has 2 rings (SSSR count). The second kappa shape index (κ2) is 6.53. The largest absolute Gasteiger partial charge is 0.352 e. The van der Waals surface area contributed by atoms with Crippen molar-refractivity contribution in [3.05, 3.63) is 70.0 Å². The number of hydrogen-bond donors (Lipinski definition) is 1. The molecule has 0 fully saturated rings. The van der Waals surface area contributed by atoms with Crippen LogP contribution in [0.4, 0.5) is 4.39 Å². The summed E-state index contributed by atoms with van der Waals surface area (Å²) in [6.07, 6.45) is 0.701. The van der Waals surface area contributed by atoms with Crippen molar-refractivity contribution in [1.82, 2.24) is 5.32 Å². The van der Waals surface area contributed by atoms with Crippen LogP contribution >= 0.6 is 11.6 Å². The zero-order valence-electron chi connectivity index (χ0n) is 11.1. The maximum atomic E-state index is 13.0. The summed E-state index contributed by atoms with van der Waals surface area (Å²) in [5, 5.41) is 3.51. The van der Waals surface area contributed by atoms with Crippen molar-refractivity contribution in [3.8, 4) is 0 Å². The molecule has 2 nitrogen and oxygen atoms in total. The lowest BCUT2D eigenvalue weighted by atomic mass is 10.1. The molecule has 0 aliphatic heterocycles. The zero-order chi connectivity index (χ0) is 14.5. The first kappa shape index (κ1) is 14.5. The zero-order valence-corrected chi connectivity index (χ0v) is 11.9. The number of benzene rings is 2. The normalized spacial score (nSPS) is 10.3. The fourth-order valence-corrected chi connectivity index (χ4v) is 2.20. The Kier molecular flexibility index (Phi) is 4.74. The van der Waals surface area contributed by atoms with Crippen LogP contribution in [0.5, 0.6) is 0 Å². The van der Waals surface area contributed by atoms with Gasteiger partial charge < -0.3 is 5.32 Å². The fourth-order valence-electron chi connectivity index (χ4n) is 1.99. The minimum Gasteiger partial charge on any atom is -0.352 e. The van der Waals surface area contributed by atoms with Gasteiger partial charge in [0.2, 0.25) is 0 Å². The van der Waals surface area contributed by atoms with E-state index < -0.39 is 0 Å². The Balaban J connectivity index is 1.92. The van der Waals surface area contributed by atoms with Gasteiger partial charge in [-0.25, -0.2) is 4.39 Å². The quantitative estimate of drug-likeness (QED) is 0.913. The highest BCUT2D eigenvalue weighted by atomic mass is 35.5. The molecule has 0 aliphatic rings. The van der Waals surface area contributed by atoms with Gasteiger partial charge in [-0.05, 0) is 54.8 Å². The smallest absolute Gasteiger partial charge is 0.251 e. The van der Waals surface area contributed by atoms with Gasteiger partial charge in [-0.2, -0.15) is 0 Å². The molecule has 0 radical (unpaired) electrons. The number of carbonyl (C=O) groups excluding carboxylic acids is 1. The Bertz CT molecular complexity index is 628.